The van der Waals surface area contributed by atoms with Gasteiger partial charge in [0.05, 0.1) is 11.0 Å². The van der Waals surface area contributed by atoms with Crippen molar-refractivity contribution in [3.8, 4) is 5.75 Å². The molecule has 2 heterocycles. The van der Waals surface area contributed by atoms with Gasteiger partial charge in [-0.1, -0.05) is 12.5 Å². The molecule has 0 bridgehead atoms. The maximum absolute atomic E-state index is 13.0. The highest BCUT2D eigenvalue weighted by Gasteiger charge is 2.26. The van der Waals surface area contributed by atoms with Crippen molar-refractivity contribution in [1.29, 1.82) is 0 Å². The number of carbonyl (C=O) groups excluding carboxylic acids is 1. The van der Waals surface area contributed by atoms with E-state index in [0.717, 1.165) is 44.3 Å². The quantitative estimate of drug-likeness (QED) is 0.678. The van der Waals surface area contributed by atoms with Crippen LogP contribution in [0.25, 0.3) is 0 Å². The van der Waals surface area contributed by atoms with E-state index in [9.17, 15) is 13.2 Å². The fraction of sp³-hybridized carbons (Fsp3) is 0.458. The number of nitrogens with zero attached hydrogens (tertiary/aromatic N) is 1. The Hall–Kier alpha value is -2.42. The van der Waals surface area contributed by atoms with Crippen LogP contribution < -0.4 is 10.1 Å². The summed E-state index contributed by atoms with van der Waals surface area (Å²) in [6.45, 7) is 4.21. The van der Waals surface area contributed by atoms with Gasteiger partial charge < -0.3 is 14.8 Å². The van der Waals surface area contributed by atoms with Crippen LogP contribution in [0.15, 0.2) is 47.4 Å². The lowest BCUT2D eigenvalue weighted by atomic mass is 10.1. The second kappa shape index (κ2) is 10.0. The summed E-state index contributed by atoms with van der Waals surface area (Å²) >= 11 is 0. The number of sulfonamides is 1. The van der Waals surface area contributed by atoms with Crippen LogP contribution in [0, 0.1) is 6.92 Å². The van der Waals surface area contributed by atoms with Crippen LogP contribution in [0.5, 0.6) is 5.75 Å². The van der Waals surface area contributed by atoms with E-state index in [0.29, 0.717) is 36.7 Å². The molecular formula is C24H30N2O5S. The number of hydrogen-bond donors (Lipinski definition) is 1. The van der Waals surface area contributed by atoms with Gasteiger partial charge in [0.2, 0.25) is 10.0 Å². The molecule has 2 aliphatic heterocycles. The second-order valence-corrected chi connectivity index (χ2v) is 10.3. The van der Waals surface area contributed by atoms with Crippen molar-refractivity contribution in [3.05, 3.63) is 53.6 Å². The molecule has 0 unspecified atom stereocenters. The van der Waals surface area contributed by atoms with Crippen LogP contribution in [0.4, 0.5) is 5.69 Å². The largest absolute Gasteiger partial charge is 0.491 e. The zero-order valence-electron chi connectivity index (χ0n) is 18.4. The second-order valence-electron chi connectivity index (χ2n) is 8.37. The molecule has 0 saturated carbocycles. The summed E-state index contributed by atoms with van der Waals surface area (Å²) < 4.78 is 38.8. The van der Waals surface area contributed by atoms with Gasteiger partial charge in [0.25, 0.3) is 5.91 Å². The predicted octanol–water partition coefficient (Wildman–Crippen LogP) is 3.98. The number of piperidine rings is 1. The zero-order valence-corrected chi connectivity index (χ0v) is 19.2. The summed E-state index contributed by atoms with van der Waals surface area (Å²) in [5.41, 5.74) is 1.76. The SMILES string of the molecule is Cc1ccc(S(=O)(=O)N2CCCCC2)cc1NC(=O)c1ccc(OC[C@@H]2CCCO2)cc1. The van der Waals surface area contributed by atoms with Gasteiger partial charge in [-0.05, 0) is 74.6 Å². The molecular weight excluding hydrogens is 428 g/mol. The van der Waals surface area contributed by atoms with Crippen molar-refractivity contribution in [1.82, 2.24) is 4.31 Å². The van der Waals surface area contributed by atoms with Crippen LogP contribution >= 0.6 is 0 Å². The maximum Gasteiger partial charge on any atom is 0.255 e. The van der Waals surface area contributed by atoms with Gasteiger partial charge in [0, 0.05) is 30.9 Å². The molecule has 2 aliphatic rings. The van der Waals surface area contributed by atoms with Gasteiger partial charge in [-0.3, -0.25) is 4.79 Å². The van der Waals surface area contributed by atoms with Crippen LogP contribution in [0.3, 0.4) is 0 Å². The Bertz CT molecular complexity index is 1040. The Kier molecular flexibility index (Phi) is 7.13. The van der Waals surface area contributed by atoms with E-state index in [4.69, 9.17) is 9.47 Å². The van der Waals surface area contributed by atoms with Crippen LogP contribution in [-0.2, 0) is 14.8 Å². The monoisotopic (exact) mass is 458 g/mol. The topological polar surface area (TPSA) is 84.9 Å². The summed E-state index contributed by atoms with van der Waals surface area (Å²) in [6.07, 6.45) is 5.01. The minimum absolute atomic E-state index is 0.134. The van der Waals surface area contributed by atoms with Crippen molar-refractivity contribution in [2.75, 3.05) is 31.6 Å². The molecule has 0 aliphatic carbocycles. The van der Waals surface area contributed by atoms with Gasteiger partial charge in [-0.2, -0.15) is 4.31 Å². The molecule has 1 N–H and O–H groups in total. The normalized spacial score (nSPS) is 19.6. The van der Waals surface area contributed by atoms with E-state index >= 15 is 0 Å². The molecule has 172 valence electrons. The third-order valence-corrected chi connectivity index (χ3v) is 7.88. The zero-order chi connectivity index (χ0) is 22.6. The summed E-state index contributed by atoms with van der Waals surface area (Å²) in [6, 6.07) is 11.8. The third kappa shape index (κ3) is 5.31. The average Bonchev–Trinajstić information content (AvgIpc) is 3.33. The number of amides is 1. The minimum atomic E-state index is -3.57. The lowest BCUT2D eigenvalue weighted by molar-refractivity contribution is 0.0679. The minimum Gasteiger partial charge on any atom is -0.491 e. The highest BCUT2D eigenvalue weighted by Crippen LogP contribution is 2.26. The van der Waals surface area contributed by atoms with E-state index in [1.54, 1.807) is 42.5 Å². The Balaban J connectivity index is 1.42. The maximum atomic E-state index is 13.0. The Labute approximate surface area is 189 Å². The van der Waals surface area contributed by atoms with Crippen LogP contribution in [-0.4, -0.2) is 51.0 Å². The van der Waals surface area contributed by atoms with Crippen molar-refractivity contribution in [2.24, 2.45) is 0 Å². The van der Waals surface area contributed by atoms with Crippen LogP contribution in [0.1, 0.15) is 48.0 Å². The first-order valence-electron chi connectivity index (χ1n) is 11.2. The smallest absolute Gasteiger partial charge is 0.255 e. The molecule has 0 aromatic heterocycles. The van der Waals surface area contributed by atoms with E-state index in [2.05, 4.69) is 5.32 Å². The first kappa shape index (κ1) is 22.8. The van der Waals surface area contributed by atoms with Crippen molar-refractivity contribution in [2.45, 2.75) is 50.0 Å². The van der Waals surface area contributed by atoms with Crippen molar-refractivity contribution >= 4 is 21.6 Å². The molecule has 0 radical (unpaired) electrons. The highest BCUT2D eigenvalue weighted by atomic mass is 32.2. The van der Waals surface area contributed by atoms with Crippen molar-refractivity contribution < 1.29 is 22.7 Å². The van der Waals surface area contributed by atoms with E-state index in [-0.39, 0.29) is 16.9 Å². The highest BCUT2D eigenvalue weighted by molar-refractivity contribution is 7.89. The van der Waals surface area contributed by atoms with E-state index in [1.807, 2.05) is 6.92 Å². The Morgan fingerprint density at radius 3 is 2.53 bits per heavy atom. The number of anilines is 1. The van der Waals surface area contributed by atoms with Gasteiger partial charge in [-0.25, -0.2) is 8.42 Å². The number of ether oxygens (including phenoxy) is 2. The molecule has 0 spiro atoms. The van der Waals surface area contributed by atoms with Crippen molar-refractivity contribution in [3.63, 3.8) is 0 Å². The molecule has 2 fully saturated rings. The summed E-state index contributed by atoms with van der Waals surface area (Å²) in [4.78, 5) is 13.0. The lowest BCUT2D eigenvalue weighted by Gasteiger charge is -2.26. The van der Waals surface area contributed by atoms with Gasteiger partial charge >= 0.3 is 0 Å². The molecule has 2 saturated heterocycles. The number of aryl methyl sites for hydroxylation is 1. The number of nitrogens with one attached hydrogen (secondary N) is 1. The molecule has 1 atom stereocenters. The standard InChI is InChI=1S/C24H30N2O5S/c1-18-7-12-22(32(28,29)26-13-3-2-4-14-26)16-23(18)25-24(27)19-8-10-20(11-9-19)31-17-21-6-5-15-30-21/h7-12,16,21H,2-6,13-15,17H2,1H3,(H,25,27)/t21-/m0/s1. The molecule has 8 heteroatoms. The Morgan fingerprint density at radius 2 is 1.84 bits per heavy atom. The Morgan fingerprint density at radius 1 is 1.09 bits per heavy atom. The molecule has 2 aromatic rings. The summed E-state index contributed by atoms with van der Waals surface area (Å²) in [7, 11) is -3.57. The summed E-state index contributed by atoms with van der Waals surface area (Å²) in [5.74, 6) is 0.383. The fourth-order valence-electron chi connectivity index (χ4n) is 4.01. The summed E-state index contributed by atoms with van der Waals surface area (Å²) in [5, 5.41) is 2.86. The van der Waals surface area contributed by atoms with Gasteiger partial charge in [0.15, 0.2) is 0 Å². The molecule has 1 amide bonds. The van der Waals surface area contributed by atoms with E-state index in [1.165, 1.54) is 4.31 Å². The van der Waals surface area contributed by atoms with E-state index < -0.39 is 10.0 Å². The van der Waals surface area contributed by atoms with Gasteiger partial charge in [0.1, 0.15) is 12.4 Å². The van der Waals surface area contributed by atoms with Gasteiger partial charge in [-0.15, -0.1) is 0 Å². The number of carbonyl (C=O) groups is 1. The first-order valence-corrected chi connectivity index (χ1v) is 12.6. The van der Waals surface area contributed by atoms with Crippen LogP contribution in [0.2, 0.25) is 0 Å². The number of hydrogen-bond acceptors (Lipinski definition) is 5. The number of rotatable bonds is 7. The third-order valence-electron chi connectivity index (χ3n) is 5.99. The molecule has 4 rings (SSSR count). The average molecular weight is 459 g/mol. The fourth-order valence-corrected chi connectivity index (χ4v) is 5.56. The molecule has 7 nitrogen and oxygen atoms in total. The number of benzene rings is 2. The molecule has 32 heavy (non-hydrogen) atoms. The lowest BCUT2D eigenvalue weighted by Crippen LogP contribution is -2.35. The first-order chi connectivity index (χ1) is 15.4. The predicted molar refractivity (Wildman–Crippen MR) is 123 cm³/mol. The molecule has 2 aromatic carbocycles.